The highest BCUT2D eigenvalue weighted by Crippen LogP contribution is 2.26. The summed E-state index contributed by atoms with van der Waals surface area (Å²) in [4.78, 5) is 0. The predicted octanol–water partition coefficient (Wildman–Crippen LogP) is 2.83. The summed E-state index contributed by atoms with van der Waals surface area (Å²) >= 11 is 0. The summed E-state index contributed by atoms with van der Waals surface area (Å²) in [7, 11) is 1.95. The van der Waals surface area contributed by atoms with Crippen LogP contribution in [0.4, 0.5) is 0 Å². The summed E-state index contributed by atoms with van der Waals surface area (Å²) in [6.07, 6.45) is 0. The molecular weight excluding hydrogens is 226 g/mol. The van der Waals surface area contributed by atoms with E-state index in [4.69, 9.17) is 4.74 Å². The van der Waals surface area contributed by atoms with Crippen LogP contribution in [-0.4, -0.2) is 14.8 Å². The minimum Gasteiger partial charge on any atom is -0.485 e. The van der Waals surface area contributed by atoms with Gasteiger partial charge >= 0.3 is 0 Å². The van der Waals surface area contributed by atoms with Gasteiger partial charge in [-0.15, -0.1) is 10.2 Å². The number of para-hydroxylation sites is 1. The molecule has 1 aromatic carbocycles. The van der Waals surface area contributed by atoms with Gasteiger partial charge in [0.15, 0.2) is 5.82 Å². The van der Waals surface area contributed by atoms with Crippen molar-refractivity contribution >= 4 is 0 Å². The summed E-state index contributed by atoms with van der Waals surface area (Å²) < 4.78 is 7.80. The van der Waals surface area contributed by atoms with Crippen LogP contribution in [0, 0.1) is 6.92 Å². The number of ether oxygens (including phenoxy) is 1. The predicted molar refractivity (Wildman–Crippen MR) is 70.6 cm³/mol. The van der Waals surface area contributed by atoms with Gasteiger partial charge in [-0.1, -0.05) is 32.0 Å². The van der Waals surface area contributed by atoms with E-state index in [1.165, 1.54) is 5.56 Å². The number of nitrogens with zero attached hydrogens (tertiary/aromatic N) is 3. The van der Waals surface area contributed by atoms with E-state index in [-0.39, 0.29) is 0 Å². The molecular formula is C14H19N3O. The minimum atomic E-state index is 0.446. The van der Waals surface area contributed by atoms with Crippen LogP contribution >= 0.6 is 0 Å². The Hall–Kier alpha value is -1.84. The fraction of sp³-hybridized carbons (Fsp3) is 0.429. The lowest BCUT2D eigenvalue weighted by Gasteiger charge is -2.13. The van der Waals surface area contributed by atoms with Crippen molar-refractivity contribution in [2.75, 3.05) is 0 Å². The molecule has 2 aromatic rings. The molecule has 4 nitrogen and oxygen atoms in total. The number of benzene rings is 1. The zero-order valence-electron chi connectivity index (χ0n) is 11.3. The van der Waals surface area contributed by atoms with Crippen molar-refractivity contribution in [2.45, 2.75) is 33.3 Å². The van der Waals surface area contributed by atoms with E-state index < -0.39 is 0 Å². The van der Waals surface area contributed by atoms with Crippen molar-refractivity contribution < 1.29 is 4.74 Å². The van der Waals surface area contributed by atoms with Gasteiger partial charge in [0, 0.05) is 7.05 Å². The van der Waals surface area contributed by atoms with Crippen LogP contribution in [0.25, 0.3) is 0 Å². The summed E-state index contributed by atoms with van der Waals surface area (Å²) in [6, 6.07) is 8.12. The van der Waals surface area contributed by atoms with E-state index in [0.29, 0.717) is 12.5 Å². The highest BCUT2D eigenvalue weighted by molar-refractivity contribution is 5.35. The number of aryl methyl sites for hydroxylation is 1. The molecule has 0 aliphatic heterocycles. The van der Waals surface area contributed by atoms with Crippen molar-refractivity contribution in [3.8, 4) is 5.75 Å². The highest BCUT2D eigenvalue weighted by Gasteiger charge is 2.09. The smallest absolute Gasteiger partial charge is 0.170 e. The molecule has 96 valence electrons. The van der Waals surface area contributed by atoms with E-state index in [2.05, 4.69) is 30.1 Å². The fourth-order valence-corrected chi connectivity index (χ4v) is 1.81. The van der Waals surface area contributed by atoms with Gasteiger partial charge in [0.25, 0.3) is 0 Å². The third-order valence-corrected chi connectivity index (χ3v) is 3.08. The molecule has 0 amide bonds. The molecule has 0 radical (unpaired) electrons. The van der Waals surface area contributed by atoms with Crippen LogP contribution < -0.4 is 4.74 Å². The molecule has 2 rings (SSSR count). The number of aromatic nitrogens is 3. The Kier molecular flexibility index (Phi) is 3.65. The molecule has 0 fully saturated rings. The van der Waals surface area contributed by atoms with Gasteiger partial charge in [-0.05, 0) is 24.5 Å². The molecule has 0 aliphatic carbocycles. The quantitative estimate of drug-likeness (QED) is 0.831. The topological polar surface area (TPSA) is 39.9 Å². The monoisotopic (exact) mass is 245 g/mol. The second-order valence-electron chi connectivity index (χ2n) is 4.70. The average Bonchev–Trinajstić information content (AvgIpc) is 2.68. The van der Waals surface area contributed by atoms with Gasteiger partial charge < -0.3 is 9.30 Å². The van der Waals surface area contributed by atoms with Crippen LogP contribution in [0.1, 0.15) is 37.0 Å². The zero-order valence-corrected chi connectivity index (χ0v) is 11.3. The molecule has 0 atom stereocenters. The Morgan fingerprint density at radius 2 is 1.94 bits per heavy atom. The van der Waals surface area contributed by atoms with Gasteiger partial charge in [0.05, 0.1) is 0 Å². The fourth-order valence-electron chi connectivity index (χ4n) is 1.81. The second-order valence-corrected chi connectivity index (χ2v) is 4.70. The molecule has 0 bridgehead atoms. The molecule has 1 heterocycles. The third kappa shape index (κ3) is 2.53. The second kappa shape index (κ2) is 5.21. The molecule has 0 saturated carbocycles. The van der Waals surface area contributed by atoms with E-state index in [9.17, 15) is 0 Å². The molecule has 0 unspecified atom stereocenters. The van der Waals surface area contributed by atoms with Crippen LogP contribution in [0.2, 0.25) is 0 Å². The normalized spacial score (nSPS) is 10.9. The Bertz CT molecular complexity index is 532. The largest absolute Gasteiger partial charge is 0.485 e. The van der Waals surface area contributed by atoms with Crippen LogP contribution in [0.5, 0.6) is 5.75 Å². The van der Waals surface area contributed by atoms with E-state index in [1.54, 1.807) is 0 Å². The number of hydrogen-bond acceptors (Lipinski definition) is 3. The molecule has 4 heteroatoms. The standard InChI is InChI=1S/C14H19N3O/c1-10(2)12-7-5-6-8-13(12)18-9-14-16-15-11(3)17(14)4/h5-8,10H,9H2,1-4H3. The molecule has 1 aromatic heterocycles. The van der Waals surface area contributed by atoms with E-state index >= 15 is 0 Å². The molecule has 0 aliphatic rings. The summed E-state index contributed by atoms with van der Waals surface area (Å²) in [6.45, 7) is 6.70. The maximum absolute atomic E-state index is 5.86. The van der Waals surface area contributed by atoms with Crippen molar-refractivity contribution in [1.29, 1.82) is 0 Å². The Morgan fingerprint density at radius 3 is 2.56 bits per heavy atom. The molecule has 18 heavy (non-hydrogen) atoms. The van der Waals surface area contributed by atoms with Crippen molar-refractivity contribution in [3.05, 3.63) is 41.5 Å². The van der Waals surface area contributed by atoms with Crippen molar-refractivity contribution in [3.63, 3.8) is 0 Å². The van der Waals surface area contributed by atoms with Gasteiger partial charge in [-0.25, -0.2) is 0 Å². The Balaban J connectivity index is 2.13. The first-order chi connectivity index (χ1) is 8.59. The summed E-state index contributed by atoms with van der Waals surface area (Å²) in [5.41, 5.74) is 1.22. The average molecular weight is 245 g/mol. The van der Waals surface area contributed by atoms with Gasteiger partial charge in [0.2, 0.25) is 0 Å². The summed E-state index contributed by atoms with van der Waals surface area (Å²) in [5, 5.41) is 8.11. The third-order valence-electron chi connectivity index (χ3n) is 3.08. The van der Waals surface area contributed by atoms with Crippen LogP contribution in [0.15, 0.2) is 24.3 Å². The highest BCUT2D eigenvalue weighted by atomic mass is 16.5. The van der Waals surface area contributed by atoms with Crippen molar-refractivity contribution in [2.24, 2.45) is 7.05 Å². The SMILES string of the molecule is Cc1nnc(COc2ccccc2C(C)C)n1C. The van der Waals surface area contributed by atoms with E-state index in [0.717, 1.165) is 17.4 Å². The first-order valence-electron chi connectivity index (χ1n) is 6.16. The van der Waals surface area contributed by atoms with Crippen molar-refractivity contribution in [1.82, 2.24) is 14.8 Å². The van der Waals surface area contributed by atoms with E-state index in [1.807, 2.05) is 36.7 Å². The molecule has 0 N–H and O–H groups in total. The maximum Gasteiger partial charge on any atom is 0.170 e. The first kappa shape index (κ1) is 12.6. The van der Waals surface area contributed by atoms with Crippen LogP contribution in [0.3, 0.4) is 0 Å². The summed E-state index contributed by atoms with van der Waals surface area (Å²) in [5.74, 6) is 3.10. The minimum absolute atomic E-state index is 0.446. The van der Waals surface area contributed by atoms with Gasteiger partial charge in [-0.3, -0.25) is 0 Å². The number of hydrogen-bond donors (Lipinski definition) is 0. The van der Waals surface area contributed by atoms with Crippen LogP contribution in [-0.2, 0) is 13.7 Å². The molecule has 0 saturated heterocycles. The van der Waals surface area contributed by atoms with Gasteiger partial charge in [0.1, 0.15) is 18.2 Å². The Labute approximate surface area is 108 Å². The maximum atomic E-state index is 5.86. The van der Waals surface area contributed by atoms with Gasteiger partial charge in [-0.2, -0.15) is 0 Å². The lowest BCUT2D eigenvalue weighted by atomic mass is 10.0. The zero-order chi connectivity index (χ0) is 13.1. The first-order valence-corrected chi connectivity index (χ1v) is 6.16. The Morgan fingerprint density at radius 1 is 1.22 bits per heavy atom. The lowest BCUT2D eigenvalue weighted by Crippen LogP contribution is -2.06. The molecule has 0 spiro atoms. The lowest BCUT2D eigenvalue weighted by molar-refractivity contribution is 0.287. The number of rotatable bonds is 4.